The molecule has 21 heavy (non-hydrogen) atoms. The van der Waals surface area contributed by atoms with Crippen molar-refractivity contribution >= 4 is 5.69 Å². The van der Waals surface area contributed by atoms with Gasteiger partial charge in [-0.25, -0.2) is 0 Å². The van der Waals surface area contributed by atoms with Crippen molar-refractivity contribution in [2.75, 3.05) is 0 Å². The predicted molar refractivity (Wildman–Crippen MR) is 76.2 cm³/mol. The van der Waals surface area contributed by atoms with E-state index in [4.69, 9.17) is 0 Å². The summed E-state index contributed by atoms with van der Waals surface area (Å²) in [6.07, 6.45) is 7.82. The SMILES string of the molecule is O=[N+]([O-])C=CC1C2C=CC(C2)C1c1cccc([N+](=O)[O-])c1. The van der Waals surface area contributed by atoms with E-state index in [2.05, 4.69) is 12.2 Å². The zero-order chi connectivity index (χ0) is 15.0. The summed E-state index contributed by atoms with van der Waals surface area (Å²) >= 11 is 0. The monoisotopic (exact) mass is 286 g/mol. The molecular weight excluding hydrogens is 272 g/mol. The molecule has 0 aromatic heterocycles. The van der Waals surface area contributed by atoms with Crippen LogP contribution in [0.15, 0.2) is 48.7 Å². The molecule has 6 heteroatoms. The maximum Gasteiger partial charge on any atom is 0.269 e. The molecule has 1 aromatic carbocycles. The fraction of sp³-hybridized carbons (Fsp3) is 0.333. The molecule has 2 aliphatic rings. The van der Waals surface area contributed by atoms with Crippen LogP contribution in [0.5, 0.6) is 0 Å². The van der Waals surface area contributed by atoms with Crippen molar-refractivity contribution in [3.63, 3.8) is 0 Å². The maximum atomic E-state index is 10.9. The van der Waals surface area contributed by atoms with Crippen LogP contribution in [-0.2, 0) is 0 Å². The highest BCUT2D eigenvalue weighted by atomic mass is 16.6. The number of non-ortho nitro benzene ring substituents is 1. The summed E-state index contributed by atoms with van der Waals surface area (Å²) in [4.78, 5) is 20.6. The van der Waals surface area contributed by atoms with E-state index < -0.39 is 9.85 Å². The Bertz CT molecular complexity index is 653. The summed E-state index contributed by atoms with van der Waals surface area (Å²) in [5.41, 5.74) is 0.954. The average Bonchev–Trinajstić information content (AvgIpc) is 3.05. The highest BCUT2D eigenvalue weighted by Crippen LogP contribution is 2.53. The number of hydrogen-bond acceptors (Lipinski definition) is 4. The minimum atomic E-state index is -0.458. The summed E-state index contributed by atoms with van der Waals surface area (Å²) in [6.45, 7) is 0. The van der Waals surface area contributed by atoms with E-state index in [1.54, 1.807) is 18.2 Å². The lowest BCUT2D eigenvalue weighted by Gasteiger charge is -2.25. The first kappa shape index (κ1) is 13.5. The molecule has 6 nitrogen and oxygen atoms in total. The number of allylic oxidation sites excluding steroid dienone is 3. The molecule has 108 valence electrons. The lowest BCUT2D eigenvalue weighted by molar-refractivity contribution is -0.402. The molecule has 2 aliphatic carbocycles. The van der Waals surface area contributed by atoms with Crippen LogP contribution in [-0.4, -0.2) is 9.85 Å². The van der Waals surface area contributed by atoms with E-state index >= 15 is 0 Å². The van der Waals surface area contributed by atoms with Crippen molar-refractivity contribution in [1.82, 2.24) is 0 Å². The second-order valence-electron chi connectivity index (χ2n) is 5.53. The van der Waals surface area contributed by atoms with Crippen molar-refractivity contribution in [2.24, 2.45) is 17.8 Å². The van der Waals surface area contributed by atoms with E-state index in [0.29, 0.717) is 5.92 Å². The average molecular weight is 286 g/mol. The summed E-state index contributed by atoms with van der Waals surface area (Å²) in [7, 11) is 0. The van der Waals surface area contributed by atoms with Gasteiger partial charge in [0.25, 0.3) is 5.69 Å². The van der Waals surface area contributed by atoms with Gasteiger partial charge in [-0.1, -0.05) is 24.3 Å². The summed E-state index contributed by atoms with van der Waals surface area (Å²) in [5.74, 6) is 0.706. The van der Waals surface area contributed by atoms with Crippen LogP contribution in [0, 0.1) is 38.0 Å². The van der Waals surface area contributed by atoms with Gasteiger partial charge in [-0.3, -0.25) is 20.2 Å². The lowest BCUT2D eigenvalue weighted by atomic mass is 9.78. The van der Waals surface area contributed by atoms with Gasteiger partial charge in [0.15, 0.2) is 0 Å². The van der Waals surface area contributed by atoms with E-state index in [0.717, 1.165) is 18.2 Å². The largest absolute Gasteiger partial charge is 0.269 e. The van der Waals surface area contributed by atoms with Crippen molar-refractivity contribution in [3.8, 4) is 0 Å². The van der Waals surface area contributed by atoms with Crippen LogP contribution < -0.4 is 0 Å². The fourth-order valence-electron chi connectivity index (χ4n) is 3.61. The number of benzene rings is 1. The molecule has 0 spiro atoms. The molecule has 3 rings (SSSR count). The number of rotatable bonds is 4. The van der Waals surface area contributed by atoms with Crippen LogP contribution in [0.25, 0.3) is 0 Å². The van der Waals surface area contributed by atoms with Gasteiger partial charge < -0.3 is 0 Å². The predicted octanol–water partition coefficient (Wildman–Crippen LogP) is 3.29. The quantitative estimate of drug-likeness (QED) is 0.482. The fourth-order valence-corrected chi connectivity index (χ4v) is 3.61. The smallest absolute Gasteiger partial charge is 0.259 e. The van der Waals surface area contributed by atoms with Crippen LogP contribution in [0.3, 0.4) is 0 Å². The highest BCUT2D eigenvalue weighted by molar-refractivity contribution is 5.39. The molecule has 1 fully saturated rings. The van der Waals surface area contributed by atoms with Crippen LogP contribution in [0.4, 0.5) is 5.69 Å². The zero-order valence-electron chi connectivity index (χ0n) is 11.2. The highest BCUT2D eigenvalue weighted by Gasteiger charge is 2.44. The van der Waals surface area contributed by atoms with Crippen molar-refractivity contribution in [2.45, 2.75) is 12.3 Å². The molecule has 1 saturated carbocycles. The second-order valence-corrected chi connectivity index (χ2v) is 5.53. The molecule has 0 aliphatic heterocycles. The number of nitrogens with zero attached hydrogens (tertiary/aromatic N) is 2. The van der Waals surface area contributed by atoms with Crippen LogP contribution >= 0.6 is 0 Å². The van der Waals surface area contributed by atoms with Gasteiger partial charge in [0.05, 0.1) is 9.85 Å². The van der Waals surface area contributed by atoms with Crippen molar-refractivity contribution in [3.05, 3.63) is 74.5 Å². The second kappa shape index (κ2) is 5.12. The first-order valence-electron chi connectivity index (χ1n) is 6.81. The normalized spacial score (nSPS) is 30.1. The van der Waals surface area contributed by atoms with E-state index in [1.165, 1.54) is 6.07 Å². The summed E-state index contributed by atoms with van der Waals surface area (Å²) in [6, 6.07) is 6.61. The Morgan fingerprint density at radius 1 is 1.14 bits per heavy atom. The van der Waals surface area contributed by atoms with Gasteiger partial charge in [-0.15, -0.1) is 0 Å². The third-order valence-corrected chi connectivity index (χ3v) is 4.42. The van der Waals surface area contributed by atoms with Crippen LogP contribution in [0.1, 0.15) is 17.9 Å². The van der Waals surface area contributed by atoms with Crippen LogP contribution in [0.2, 0.25) is 0 Å². The molecule has 0 heterocycles. The Hall–Kier alpha value is -2.50. The van der Waals surface area contributed by atoms with Crippen molar-refractivity contribution < 1.29 is 9.85 Å². The molecule has 0 radical (unpaired) electrons. The number of fused-ring (bicyclic) bond motifs is 2. The minimum Gasteiger partial charge on any atom is -0.259 e. The lowest BCUT2D eigenvalue weighted by Crippen LogP contribution is -2.16. The molecule has 1 aromatic rings. The molecule has 0 amide bonds. The summed E-state index contributed by atoms with van der Waals surface area (Å²) in [5, 5.41) is 21.5. The van der Waals surface area contributed by atoms with Gasteiger partial charge in [0.2, 0.25) is 6.20 Å². The third kappa shape index (κ3) is 2.44. The Morgan fingerprint density at radius 3 is 2.62 bits per heavy atom. The van der Waals surface area contributed by atoms with Gasteiger partial charge >= 0.3 is 0 Å². The summed E-state index contributed by atoms with van der Waals surface area (Å²) < 4.78 is 0. The van der Waals surface area contributed by atoms with Crippen molar-refractivity contribution in [1.29, 1.82) is 0 Å². The van der Waals surface area contributed by atoms with E-state index in [-0.39, 0.29) is 23.4 Å². The zero-order valence-corrected chi connectivity index (χ0v) is 11.2. The maximum absolute atomic E-state index is 10.9. The Balaban J connectivity index is 1.95. The molecule has 2 bridgehead atoms. The third-order valence-electron chi connectivity index (χ3n) is 4.42. The minimum absolute atomic E-state index is 0.0346. The first-order chi connectivity index (χ1) is 10.1. The van der Waals surface area contributed by atoms with E-state index in [9.17, 15) is 20.2 Å². The van der Waals surface area contributed by atoms with Gasteiger partial charge in [0.1, 0.15) is 0 Å². The Morgan fingerprint density at radius 2 is 1.90 bits per heavy atom. The molecule has 4 atom stereocenters. The molecular formula is C15H14N2O4. The molecule has 0 saturated heterocycles. The topological polar surface area (TPSA) is 86.3 Å². The Kier molecular flexibility index (Phi) is 3.29. The van der Waals surface area contributed by atoms with E-state index in [1.807, 2.05) is 6.07 Å². The molecule has 4 unspecified atom stereocenters. The first-order valence-corrected chi connectivity index (χ1v) is 6.81. The van der Waals surface area contributed by atoms with Gasteiger partial charge in [0, 0.05) is 12.1 Å². The molecule has 0 N–H and O–H groups in total. The number of hydrogen-bond donors (Lipinski definition) is 0. The standard InChI is InChI=1S/C15H14N2O4/c18-16(19)7-6-14-10-4-5-12(8-10)15(14)11-2-1-3-13(9-11)17(20)21/h1-7,9-10,12,14-15H,8H2. The number of nitro groups is 2. The van der Waals surface area contributed by atoms with Gasteiger partial charge in [-0.2, -0.15) is 0 Å². The van der Waals surface area contributed by atoms with Gasteiger partial charge in [-0.05, 0) is 41.7 Å². The number of nitro benzene ring substituents is 1. The Labute approximate surface area is 121 Å².